The smallest absolute Gasteiger partial charge is 0.351 e. The van der Waals surface area contributed by atoms with E-state index in [-0.39, 0.29) is 12.2 Å². The first-order valence-electron chi connectivity index (χ1n) is 11.3. The van der Waals surface area contributed by atoms with Gasteiger partial charge < -0.3 is 39.7 Å². The Hall–Kier alpha value is -1.84. The molecule has 196 valence electrons. The van der Waals surface area contributed by atoms with Crippen molar-refractivity contribution in [1.82, 2.24) is 14.5 Å². The zero-order chi connectivity index (χ0) is 25.9. The van der Waals surface area contributed by atoms with Gasteiger partial charge in [-0.15, -0.1) is 11.8 Å². The SMILES string of the molecule is CS/C=C/C(=O)Nc1ccn(C2CC(O)C(OC3OC(C)C(N(C)C)C(O)C3O)C(C)O2)c(=O)n1. The number of thioether (sulfide) groups is 1. The molecule has 0 radical (unpaired) electrons. The molecule has 9 unspecified atom stereocenters. The van der Waals surface area contributed by atoms with E-state index in [0.29, 0.717) is 0 Å². The number of carbonyl (C=O) groups excluding carboxylic acids is 1. The van der Waals surface area contributed by atoms with Crippen LogP contribution in [0.2, 0.25) is 0 Å². The summed E-state index contributed by atoms with van der Waals surface area (Å²) in [7, 11) is 3.56. The monoisotopic (exact) mass is 514 g/mol. The zero-order valence-electron chi connectivity index (χ0n) is 20.3. The molecule has 2 saturated heterocycles. The summed E-state index contributed by atoms with van der Waals surface area (Å²) in [5.74, 6) is -0.315. The molecule has 1 aromatic heterocycles. The third kappa shape index (κ3) is 6.49. The van der Waals surface area contributed by atoms with Crippen LogP contribution in [-0.4, -0.2) is 105 Å². The Morgan fingerprint density at radius 1 is 1.26 bits per heavy atom. The van der Waals surface area contributed by atoms with E-state index in [0.717, 1.165) is 0 Å². The summed E-state index contributed by atoms with van der Waals surface area (Å²) in [6, 6.07) is 1.04. The summed E-state index contributed by atoms with van der Waals surface area (Å²) in [6.07, 6.45) is -2.86. The number of carbonyl (C=O) groups is 1. The van der Waals surface area contributed by atoms with Gasteiger partial charge >= 0.3 is 5.69 Å². The maximum atomic E-state index is 12.5. The molecule has 3 rings (SSSR count). The molecule has 0 aromatic carbocycles. The lowest BCUT2D eigenvalue weighted by Gasteiger charge is -2.46. The second-order valence-corrected chi connectivity index (χ2v) is 9.62. The number of aliphatic hydroxyl groups is 3. The largest absolute Gasteiger partial charge is 0.390 e. The molecule has 3 heterocycles. The van der Waals surface area contributed by atoms with Crippen LogP contribution < -0.4 is 11.0 Å². The number of ether oxygens (including phenoxy) is 3. The predicted octanol–water partition coefficient (Wildman–Crippen LogP) is -0.491. The second kappa shape index (κ2) is 11.9. The van der Waals surface area contributed by atoms with Crippen LogP contribution in [0.15, 0.2) is 28.5 Å². The molecule has 2 fully saturated rings. The van der Waals surface area contributed by atoms with Gasteiger partial charge in [-0.2, -0.15) is 4.98 Å². The first-order chi connectivity index (χ1) is 16.5. The van der Waals surface area contributed by atoms with E-state index in [1.54, 1.807) is 38.3 Å². The van der Waals surface area contributed by atoms with Crippen LogP contribution in [0.4, 0.5) is 5.82 Å². The number of nitrogens with one attached hydrogen (secondary N) is 1. The van der Waals surface area contributed by atoms with Gasteiger partial charge in [0.25, 0.3) is 0 Å². The molecule has 13 heteroatoms. The van der Waals surface area contributed by atoms with E-state index in [9.17, 15) is 24.9 Å². The zero-order valence-corrected chi connectivity index (χ0v) is 21.2. The number of anilines is 1. The molecule has 0 aliphatic carbocycles. The average Bonchev–Trinajstić information content (AvgIpc) is 2.77. The Kier molecular flexibility index (Phi) is 9.46. The Balaban J connectivity index is 1.65. The van der Waals surface area contributed by atoms with Gasteiger partial charge in [0.05, 0.1) is 24.4 Å². The van der Waals surface area contributed by atoms with Crippen LogP contribution in [0.1, 0.15) is 26.5 Å². The average molecular weight is 515 g/mol. The van der Waals surface area contributed by atoms with Gasteiger partial charge in [0.15, 0.2) is 6.29 Å². The summed E-state index contributed by atoms with van der Waals surface area (Å²) in [5.41, 5.74) is -0.655. The number of hydrogen-bond donors (Lipinski definition) is 4. The van der Waals surface area contributed by atoms with Gasteiger partial charge in [0.2, 0.25) is 5.91 Å². The summed E-state index contributed by atoms with van der Waals surface area (Å²) in [4.78, 5) is 30.0. The van der Waals surface area contributed by atoms with Crippen LogP contribution in [0.3, 0.4) is 0 Å². The summed E-state index contributed by atoms with van der Waals surface area (Å²) < 4.78 is 18.8. The van der Waals surface area contributed by atoms with Crippen molar-refractivity contribution in [1.29, 1.82) is 0 Å². The lowest BCUT2D eigenvalue weighted by Crippen LogP contribution is -2.63. The molecule has 0 spiro atoms. The molecule has 0 bridgehead atoms. The highest BCUT2D eigenvalue weighted by Crippen LogP contribution is 2.32. The van der Waals surface area contributed by atoms with Gasteiger partial charge in [-0.25, -0.2) is 4.79 Å². The Labute approximate surface area is 207 Å². The highest BCUT2D eigenvalue weighted by Gasteiger charge is 2.47. The fourth-order valence-electron chi connectivity index (χ4n) is 4.42. The molecule has 9 atom stereocenters. The second-order valence-electron chi connectivity index (χ2n) is 8.87. The number of likely N-dealkylation sites (N-methyl/N-ethyl adjacent to an activating group) is 1. The van der Waals surface area contributed by atoms with Crippen LogP contribution >= 0.6 is 11.8 Å². The van der Waals surface area contributed by atoms with E-state index in [2.05, 4.69) is 10.3 Å². The lowest BCUT2D eigenvalue weighted by molar-refractivity contribution is -0.322. The molecule has 2 aliphatic rings. The van der Waals surface area contributed by atoms with E-state index >= 15 is 0 Å². The quantitative estimate of drug-likeness (QED) is 0.348. The topological polar surface area (TPSA) is 156 Å². The number of amides is 1. The number of rotatable bonds is 7. The summed E-state index contributed by atoms with van der Waals surface area (Å²) in [5, 5.41) is 36.0. The lowest BCUT2D eigenvalue weighted by atomic mass is 9.95. The van der Waals surface area contributed by atoms with Crippen LogP contribution in [0, 0.1) is 0 Å². The highest BCUT2D eigenvalue weighted by molar-refractivity contribution is 8.01. The van der Waals surface area contributed by atoms with Crippen molar-refractivity contribution >= 4 is 23.5 Å². The maximum absolute atomic E-state index is 12.5. The van der Waals surface area contributed by atoms with Crippen LogP contribution in [0.5, 0.6) is 0 Å². The Morgan fingerprint density at radius 2 is 1.97 bits per heavy atom. The Bertz CT molecular complexity index is 948. The van der Waals surface area contributed by atoms with Gasteiger partial charge in [0.1, 0.15) is 30.4 Å². The number of hydrogen-bond acceptors (Lipinski definition) is 11. The molecule has 2 aliphatic heterocycles. The number of aromatic nitrogens is 2. The van der Waals surface area contributed by atoms with Crippen molar-refractivity contribution in [2.45, 2.75) is 75.5 Å². The molecule has 35 heavy (non-hydrogen) atoms. The minimum absolute atomic E-state index is 0.0139. The van der Waals surface area contributed by atoms with E-state index in [1.807, 2.05) is 6.26 Å². The van der Waals surface area contributed by atoms with Crippen molar-refractivity contribution in [2.24, 2.45) is 0 Å². The van der Waals surface area contributed by atoms with Crippen LogP contribution in [-0.2, 0) is 19.0 Å². The first kappa shape index (κ1) is 27.7. The van der Waals surface area contributed by atoms with Crippen molar-refractivity contribution in [3.63, 3.8) is 0 Å². The predicted molar refractivity (Wildman–Crippen MR) is 129 cm³/mol. The van der Waals surface area contributed by atoms with Gasteiger partial charge in [-0.3, -0.25) is 9.36 Å². The molecule has 1 aromatic rings. The van der Waals surface area contributed by atoms with Crippen molar-refractivity contribution in [3.05, 3.63) is 34.2 Å². The molecule has 12 nitrogen and oxygen atoms in total. The molecule has 4 N–H and O–H groups in total. The van der Waals surface area contributed by atoms with E-state index < -0.39 is 66.8 Å². The van der Waals surface area contributed by atoms with Gasteiger partial charge in [-0.05, 0) is 45.7 Å². The minimum atomic E-state index is -1.32. The third-order valence-electron chi connectivity index (χ3n) is 6.10. The summed E-state index contributed by atoms with van der Waals surface area (Å²) >= 11 is 1.36. The third-order valence-corrected chi connectivity index (χ3v) is 6.51. The normalized spacial score (nSPS) is 36.0. The number of aliphatic hydroxyl groups excluding tert-OH is 3. The highest BCUT2D eigenvalue weighted by atomic mass is 32.2. The summed E-state index contributed by atoms with van der Waals surface area (Å²) in [6.45, 7) is 3.44. The van der Waals surface area contributed by atoms with E-state index in [4.69, 9.17) is 14.2 Å². The molecular weight excluding hydrogens is 480 g/mol. The Morgan fingerprint density at radius 3 is 2.57 bits per heavy atom. The minimum Gasteiger partial charge on any atom is -0.390 e. The van der Waals surface area contributed by atoms with E-state index in [1.165, 1.54) is 34.7 Å². The molecule has 1 amide bonds. The number of nitrogens with zero attached hydrogens (tertiary/aromatic N) is 3. The molecular formula is C22H34N4O8S. The first-order valence-corrected chi connectivity index (χ1v) is 12.6. The fourth-order valence-corrected chi connectivity index (χ4v) is 4.68. The standard InChI is InChI=1S/C22H34N4O8S/c1-11-17(25(3)4)18(29)19(30)21(33-11)34-20-12(2)32-16(10-13(20)27)26-8-6-14(24-22(26)31)23-15(28)7-9-35-5/h6-9,11-13,16-21,27,29-30H,10H2,1-5H3,(H,23,24,28,31)/b9-7+. The van der Waals surface area contributed by atoms with Crippen molar-refractivity contribution in [3.8, 4) is 0 Å². The van der Waals surface area contributed by atoms with Crippen molar-refractivity contribution in [2.75, 3.05) is 25.7 Å². The fraction of sp³-hybridized carbons (Fsp3) is 0.682. The molecule has 0 saturated carbocycles. The van der Waals surface area contributed by atoms with Crippen LogP contribution in [0.25, 0.3) is 0 Å². The maximum Gasteiger partial charge on any atom is 0.351 e. The van der Waals surface area contributed by atoms with Crippen molar-refractivity contribution < 1.29 is 34.3 Å². The van der Waals surface area contributed by atoms with Gasteiger partial charge in [-0.1, -0.05) is 0 Å². The van der Waals surface area contributed by atoms with Gasteiger partial charge in [0, 0.05) is 18.7 Å².